The van der Waals surface area contributed by atoms with Gasteiger partial charge in [0.15, 0.2) is 0 Å². The number of fused-ring (bicyclic) bond motifs is 1. The highest BCUT2D eigenvalue weighted by Crippen LogP contribution is 2.30. The van der Waals surface area contributed by atoms with E-state index in [1.807, 2.05) is 6.07 Å². The number of benzene rings is 2. The Labute approximate surface area is 204 Å². The van der Waals surface area contributed by atoms with E-state index in [1.54, 1.807) is 6.92 Å². The minimum atomic E-state index is -0.0131. The van der Waals surface area contributed by atoms with Crippen molar-refractivity contribution in [3.63, 3.8) is 0 Å². The van der Waals surface area contributed by atoms with Gasteiger partial charge in [0, 0.05) is 25.6 Å². The maximum absolute atomic E-state index is 11.4. The zero-order chi connectivity index (χ0) is 24.1. The van der Waals surface area contributed by atoms with Gasteiger partial charge in [0.2, 0.25) is 5.91 Å². The number of aryl methyl sites for hydroxylation is 4. The highest BCUT2D eigenvalue weighted by atomic mass is 16.1. The largest absolute Gasteiger partial charge is 0.328 e. The highest BCUT2D eigenvalue weighted by molar-refractivity contribution is 5.88. The first-order valence-corrected chi connectivity index (χ1v) is 13.0. The number of piperidine rings is 1. The van der Waals surface area contributed by atoms with Crippen LogP contribution in [-0.4, -0.2) is 40.0 Å². The molecule has 5 nitrogen and oxygen atoms in total. The molecule has 3 aromatic rings. The third-order valence-electron chi connectivity index (χ3n) is 7.14. The Balaban J connectivity index is 1.35. The van der Waals surface area contributed by atoms with E-state index in [-0.39, 0.29) is 5.91 Å². The molecule has 0 atom stereocenters. The monoisotopic (exact) mass is 460 g/mol. The van der Waals surface area contributed by atoms with Gasteiger partial charge < -0.3 is 14.8 Å². The maximum Gasteiger partial charge on any atom is 0.221 e. The SMILES string of the molecule is CCCCc1nc2c(C)cc(C)cc2n1CCCN1CCC(c2cccc(NC(C)=O)c2)CC1. The van der Waals surface area contributed by atoms with Crippen molar-refractivity contribution < 1.29 is 4.79 Å². The van der Waals surface area contributed by atoms with E-state index in [9.17, 15) is 4.79 Å². The molecule has 0 unspecified atom stereocenters. The molecule has 0 radical (unpaired) electrons. The molecule has 0 aliphatic carbocycles. The molecule has 2 heterocycles. The lowest BCUT2D eigenvalue weighted by Gasteiger charge is -2.32. The first-order valence-electron chi connectivity index (χ1n) is 13.0. The average molecular weight is 461 g/mol. The molecule has 0 saturated carbocycles. The van der Waals surface area contributed by atoms with E-state index in [0.29, 0.717) is 5.92 Å². The van der Waals surface area contributed by atoms with E-state index in [0.717, 1.165) is 44.7 Å². The van der Waals surface area contributed by atoms with Gasteiger partial charge in [-0.25, -0.2) is 4.98 Å². The predicted octanol–water partition coefficient (Wildman–Crippen LogP) is 6.22. The van der Waals surface area contributed by atoms with Crippen molar-refractivity contribution in [1.29, 1.82) is 0 Å². The minimum Gasteiger partial charge on any atom is -0.328 e. The number of rotatable bonds is 9. The van der Waals surface area contributed by atoms with Crippen molar-refractivity contribution in [1.82, 2.24) is 14.5 Å². The number of likely N-dealkylation sites (tertiary alicyclic amines) is 1. The third-order valence-corrected chi connectivity index (χ3v) is 7.14. The van der Waals surface area contributed by atoms with Crippen LogP contribution in [0, 0.1) is 13.8 Å². The molecule has 0 spiro atoms. The Morgan fingerprint density at radius 1 is 1.09 bits per heavy atom. The number of carbonyl (C=O) groups is 1. The number of carbonyl (C=O) groups excluding carboxylic acids is 1. The van der Waals surface area contributed by atoms with Crippen LogP contribution in [0.5, 0.6) is 0 Å². The maximum atomic E-state index is 11.4. The van der Waals surface area contributed by atoms with Gasteiger partial charge in [-0.2, -0.15) is 0 Å². The number of hydrogen-bond donors (Lipinski definition) is 1. The average Bonchev–Trinajstić information content (AvgIpc) is 3.15. The van der Waals surface area contributed by atoms with Crippen LogP contribution in [0.2, 0.25) is 0 Å². The fourth-order valence-electron chi connectivity index (χ4n) is 5.41. The van der Waals surface area contributed by atoms with Gasteiger partial charge in [-0.15, -0.1) is 0 Å². The lowest BCUT2D eigenvalue weighted by Crippen LogP contribution is -2.34. The van der Waals surface area contributed by atoms with Crippen molar-refractivity contribution in [3.8, 4) is 0 Å². The van der Waals surface area contributed by atoms with Crippen LogP contribution in [-0.2, 0) is 17.8 Å². The Bertz CT molecular complexity index is 1120. The zero-order valence-electron chi connectivity index (χ0n) is 21.4. The molecule has 182 valence electrons. The summed E-state index contributed by atoms with van der Waals surface area (Å²) in [6, 6.07) is 12.9. The Morgan fingerprint density at radius 3 is 2.62 bits per heavy atom. The van der Waals surface area contributed by atoms with Crippen molar-refractivity contribution in [2.24, 2.45) is 0 Å². The van der Waals surface area contributed by atoms with Crippen molar-refractivity contribution in [3.05, 3.63) is 58.9 Å². The molecular weight excluding hydrogens is 420 g/mol. The zero-order valence-corrected chi connectivity index (χ0v) is 21.4. The quantitative estimate of drug-likeness (QED) is 0.412. The van der Waals surface area contributed by atoms with E-state index < -0.39 is 0 Å². The second kappa shape index (κ2) is 11.2. The lowest BCUT2D eigenvalue weighted by atomic mass is 9.89. The molecule has 1 amide bonds. The Hall–Kier alpha value is -2.66. The molecule has 1 aliphatic rings. The number of anilines is 1. The van der Waals surface area contributed by atoms with Crippen molar-refractivity contribution in [2.45, 2.75) is 78.7 Å². The van der Waals surface area contributed by atoms with Crippen molar-refractivity contribution in [2.75, 3.05) is 25.0 Å². The molecule has 1 aromatic heterocycles. The van der Waals surface area contributed by atoms with Crippen LogP contribution < -0.4 is 5.32 Å². The molecule has 1 aliphatic heterocycles. The lowest BCUT2D eigenvalue weighted by molar-refractivity contribution is -0.114. The minimum absolute atomic E-state index is 0.0131. The topological polar surface area (TPSA) is 50.2 Å². The van der Waals surface area contributed by atoms with Gasteiger partial charge in [-0.3, -0.25) is 4.79 Å². The van der Waals surface area contributed by atoms with Crippen LogP contribution in [0.15, 0.2) is 36.4 Å². The third kappa shape index (κ3) is 5.87. The van der Waals surface area contributed by atoms with E-state index in [1.165, 1.54) is 59.2 Å². The smallest absolute Gasteiger partial charge is 0.221 e. The van der Waals surface area contributed by atoms with Gasteiger partial charge >= 0.3 is 0 Å². The number of hydrogen-bond acceptors (Lipinski definition) is 3. The summed E-state index contributed by atoms with van der Waals surface area (Å²) in [7, 11) is 0. The van der Waals surface area contributed by atoms with Crippen LogP contribution in [0.25, 0.3) is 11.0 Å². The van der Waals surface area contributed by atoms with Gasteiger partial charge in [0.05, 0.1) is 11.0 Å². The fourth-order valence-corrected chi connectivity index (χ4v) is 5.41. The first-order chi connectivity index (χ1) is 16.4. The number of amides is 1. The summed E-state index contributed by atoms with van der Waals surface area (Å²) in [6.07, 6.45) is 6.96. The van der Waals surface area contributed by atoms with Gasteiger partial charge in [0.1, 0.15) is 5.82 Å². The molecule has 5 heteroatoms. The number of nitrogens with zero attached hydrogens (tertiary/aromatic N) is 3. The molecule has 1 saturated heterocycles. The Kier molecular flexibility index (Phi) is 8.04. The summed E-state index contributed by atoms with van der Waals surface area (Å²) >= 11 is 0. The summed E-state index contributed by atoms with van der Waals surface area (Å²) in [5.41, 5.74) is 7.35. The Morgan fingerprint density at radius 2 is 1.88 bits per heavy atom. The molecule has 4 rings (SSSR count). The van der Waals surface area contributed by atoms with Gasteiger partial charge in [-0.05, 0) is 100.0 Å². The number of nitrogens with one attached hydrogen (secondary N) is 1. The van der Waals surface area contributed by atoms with Gasteiger partial charge in [0.25, 0.3) is 0 Å². The van der Waals surface area contributed by atoms with Crippen LogP contribution in [0.1, 0.15) is 74.4 Å². The number of imidazole rings is 1. The summed E-state index contributed by atoms with van der Waals surface area (Å²) < 4.78 is 2.49. The second-order valence-electron chi connectivity index (χ2n) is 10.0. The van der Waals surface area contributed by atoms with E-state index in [2.05, 4.69) is 65.9 Å². The van der Waals surface area contributed by atoms with E-state index in [4.69, 9.17) is 4.98 Å². The number of unbranched alkanes of at least 4 members (excludes halogenated alkanes) is 1. The van der Waals surface area contributed by atoms with Gasteiger partial charge in [-0.1, -0.05) is 31.5 Å². The fraction of sp³-hybridized carbons (Fsp3) is 0.517. The van der Waals surface area contributed by atoms with Crippen LogP contribution in [0.3, 0.4) is 0 Å². The second-order valence-corrected chi connectivity index (χ2v) is 10.0. The molecule has 0 bridgehead atoms. The summed E-state index contributed by atoms with van der Waals surface area (Å²) in [4.78, 5) is 19.1. The predicted molar refractivity (Wildman–Crippen MR) is 142 cm³/mol. The molecule has 2 aromatic carbocycles. The van der Waals surface area contributed by atoms with E-state index >= 15 is 0 Å². The normalized spacial score (nSPS) is 15.2. The number of aromatic nitrogens is 2. The summed E-state index contributed by atoms with van der Waals surface area (Å²) in [6.45, 7) is 12.6. The first kappa shape index (κ1) is 24.5. The standard InChI is InChI=1S/C29H40N4O/c1-5-6-11-28-31-29-22(3)18-21(2)19-27(29)33(28)15-8-14-32-16-12-24(13-17-32)25-9-7-10-26(20-25)30-23(4)34/h7,9-10,18-20,24H,5-6,8,11-17H2,1-4H3,(H,30,34). The van der Waals surface area contributed by atoms with Crippen molar-refractivity contribution >= 4 is 22.6 Å². The molecule has 1 N–H and O–H groups in total. The molecular formula is C29H40N4O. The summed E-state index contributed by atoms with van der Waals surface area (Å²) in [5, 5.41) is 2.91. The van der Waals surface area contributed by atoms with Crippen LogP contribution >= 0.6 is 0 Å². The summed E-state index contributed by atoms with van der Waals surface area (Å²) in [5.74, 6) is 1.82. The molecule has 1 fully saturated rings. The van der Waals surface area contributed by atoms with Crippen LogP contribution in [0.4, 0.5) is 5.69 Å². The molecule has 34 heavy (non-hydrogen) atoms. The highest BCUT2D eigenvalue weighted by Gasteiger charge is 2.21.